The van der Waals surface area contributed by atoms with Crippen LogP contribution in [0.15, 0.2) is 48.5 Å². The maximum absolute atomic E-state index is 13.7. The van der Waals surface area contributed by atoms with E-state index in [-0.39, 0.29) is 11.6 Å². The Kier molecular flexibility index (Phi) is 3.60. The topological polar surface area (TPSA) is 21.3 Å². The fourth-order valence-electron chi connectivity index (χ4n) is 1.51. The molecule has 0 saturated carbocycles. The molecule has 0 saturated heterocycles. The van der Waals surface area contributed by atoms with Crippen LogP contribution < -0.4 is 10.1 Å². The lowest BCUT2D eigenvalue weighted by Crippen LogP contribution is -1.97. The summed E-state index contributed by atoms with van der Waals surface area (Å²) < 4.78 is 19.1. The van der Waals surface area contributed by atoms with Crippen LogP contribution in [0, 0.1) is 5.82 Å². The van der Waals surface area contributed by atoms with Crippen molar-refractivity contribution in [3.05, 3.63) is 54.3 Å². The van der Waals surface area contributed by atoms with Gasteiger partial charge >= 0.3 is 0 Å². The number of halogens is 1. The van der Waals surface area contributed by atoms with E-state index in [1.54, 1.807) is 24.3 Å². The van der Waals surface area contributed by atoms with Crippen molar-refractivity contribution in [3.63, 3.8) is 0 Å². The molecule has 1 N–H and O–H groups in total. The van der Waals surface area contributed by atoms with E-state index >= 15 is 0 Å². The van der Waals surface area contributed by atoms with E-state index in [0.29, 0.717) is 5.75 Å². The molecule has 17 heavy (non-hydrogen) atoms. The number of para-hydroxylation sites is 1. The quantitative estimate of drug-likeness (QED) is 0.857. The average Bonchev–Trinajstić information content (AvgIpc) is 2.34. The summed E-state index contributed by atoms with van der Waals surface area (Å²) in [5.41, 5.74) is 0.755. The minimum Gasteiger partial charge on any atom is -0.454 e. The van der Waals surface area contributed by atoms with Crippen LogP contribution in [0.25, 0.3) is 0 Å². The van der Waals surface area contributed by atoms with Gasteiger partial charge in [0.1, 0.15) is 5.75 Å². The molecule has 88 valence electrons. The average molecular weight is 231 g/mol. The number of nitrogens with one attached hydrogen (secondary N) is 1. The number of anilines is 1. The Morgan fingerprint density at radius 1 is 1.12 bits per heavy atom. The van der Waals surface area contributed by atoms with Crippen LogP contribution in [0.2, 0.25) is 0 Å². The molecule has 2 nitrogen and oxygen atoms in total. The van der Waals surface area contributed by atoms with Crippen molar-refractivity contribution in [1.29, 1.82) is 0 Å². The van der Waals surface area contributed by atoms with Gasteiger partial charge in [0.05, 0.1) is 0 Å². The Bertz CT molecular complexity index is 485. The lowest BCUT2D eigenvalue weighted by Gasteiger charge is -2.08. The Hall–Kier alpha value is -2.03. The predicted octanol–water partition coefficient (Wildman–Crippen LogP) is 4.05. The molecule has 0 atom stereocenters. The fourth-order valence-corrected chi connectivity index (χ4v) is 1.51. The van der Waals surface area contributed by atoms with E-state index in [2.05, 4.69) is 5.32 Å². The highest BCUT2D eigenvalue weighted by atomic mass is 19.1. The molecule has 2 aromatic carbocycles. The summed E-state index contributed by atoms with van der Waals surface area (Å²) >= 11 is 0. The van der Waals surface area contributed by atoms with Crippen LogP contribution >= 0.6 is 0 Å². The summed E-state index contributed by atoms with van der Waals surface area (Å²) in [4.78, 5) is 0. The maximum atomic E-state index is 13.7. The van der Waals surface area contributed by atoms with Crippen molar-refractivity contribution in [2.24, 2.45) is 0 Å². The normalized spacial score (nSPS) is 10.0. The van der Waals surface area contributed by atoms with Crippen molar-refractivity contribution in [2.75, 3.05) is 11.9 Å². The molecule has 0 radical (unpaired) electrons. The standard InChI is InChI=1S/C14H14FNO/c1-2-16-11-8-9-14(13(15)10-11)17-12-6-4-3-5-7-12/h3-10,16H,2H2,1H3. The van der Waals surface area contributed by atoms with Gasteiger partial charge in [0, 0.05) is 18.3 Å². The van der Waals surface area contributed by atoms with Gasteiger partial charge in [-0.3, -0.25) is 0 Å². The minimum atomic E-state index is -0.368. The summed E-state index contributed by atoms with van der Waals surface area (Å²) in [6.07, 6.45) is 0. The van der Waals surface area contributed by atoms with E-state index in [1.165, 1.54) is 6.07 Å². The number of hydrogen-bond acceptors (Lipinski definition) is 2. The minimum absolute atomic E-state index is 0.234. The van der Waals surface area contributed by atoms with Crippen molar-refractivity contribution in [2.45, 2.75) is 6.92 Å². The summed E-state index contributed by atoms with van der Waals surface area (Å²) in [5, 5.41) is 3.04. The van der Waals surface area contributed by atoms with Crippen molar-refractivity contribution >= 4 is 5.69 Å². The monoisotopic (exact) mass is 231 g/mol. The van der Waals surface area contributed by atoms with Crippen molar-refractivity contribution in [1.82, 2.24) is 0 Å². The third-order valence-electron chi connectivity index (χ3n) is 2.28. The summed E-state index contributed by atoms with van der Waals surface area (Å²) in [7, 11) is 0. The van der Waals surface area contributed by atoms with Crippen molar-refractivity contribution < 1.29 is 9.13 Å². The van der Waals surface area contributed by atoms with Gasteiger partial charge in [-0.2, -0.15) is 0 Å². The zero-order valence-corrected chi connectivity index (χ0v) is 9.61. The molecule has 0 aliphatic carbocycles. The zero-order chi connectivity index (χ0) is 12.1. The second-order valence-corrected chi connectivity index (χ2v) is 3.59. The highest BCUT2D eigenvalue weighted by Crippen LogP contribution is 2.26. The summed E-state index contributed by atoms with van der Waals surface area (Å²) in [6, 6.07) is 14.0. The van der Waals surface area contributed by atoms with Crippen molar-refractivity contribution in [3.8, 4) is 11.5 Å². The van der Waals surface area contributed by atoms with Crippen LogP contribution in [0.1, 0.15) is 6.92 Å². The number of rotatable bonds is 4. The van der Waals surface area contributed by atoms with Gasteiger partial charge in [-0.25, -0.2) is 4.39 Å². The molecule has 3 heteroatoms. The molecule has 0 fully saturated rings. The van der Waals surface area contributed by atoms with Gasteiger partial charge in [0.2, 0.25) is 0 Å². The first-order valence-corrected chi connectivity index (χ1v) is 5.56. The molecule has 0 bridgehead atoms. The van der Waals surface area contributed by atoms with Gasteiger partial charge in [-0.05, 0) is 31.2 Å². The molecule has 0 aliphatic heterocycles. The van der Waals surface area contributed by atoms with E-state index in [0.717, 1.165) is 12.2 Å². The Labute approximate surface area is 100 Å². The first-order valence-electron chi connectivity index (χ1n) is 5.56. The highest BCUT2D eigenvalue weighted by molar-refractivity contribution is 5.48. The summed E-state index contributed by atoms with van der Waals surface area (Å²) in [6.45, 7) is 2.73. The van der Waals surface area contributed by atoms with Gasteiger partial charge in [-0.15, -0.1) is 0 Å². The lowest BCUT2D eigenvalue weighted by atomic mass is 10.3. The predicted molar refractivity (Wildman–Crippen MR) is 67.1 cm³/mol. The third kappa shape index (κ3) is 2.97. The first kappa shape index (κ1) is 11.5. The molecule has 2 aromatic rings. The molecular formula is C14H14FNO. The fraction of sp³-hybridized carbons (Fsp3) is 0.143. The molecule has 0 spiro atoms. The maximum Gasteiger partial charge on any atom is 0.167 e. The van der Waals surface area contributed by atoms with Crippen LogP contribution in [-0.4, -0.2) is 6.54 Å². The second-order valence-electron chi connectivity index (χ2n) is 3.59. The largest absolute Gasteiger partial charge is 0.454 e. The lowest BCUT2D eigenvalue weighted by molar-refractivity contribution is 0.442. The molecule has 2 rings (SSSR count). The Morgan fingerprint density at radius 3 is 2.53 bits per heavy atom. The molecule has 0 unspecified atom stereocenters. The molecular weight excluding hydrogens is 217 g/mol. The van der Waals surface area contributed by atoms with E-state index < -0.39 is 0 Å². The van der Waals surface area contributed by atoms with Gasteiger partial charge in [0.15, 0.2) is 11.6 Å². The molecule has 0 heterocycles. The van der Waals surface area contributed by atoms with Crippen LogP contribution in [0.4, 0.5) is 10.1 Å². The number of ether oxygens (including phenoxy) is 1. The molecule has 0 aliphatic rings. The van der Waals surface area contributed by atoms with Gasteiger partial charge in [-0.1, -0.05) is 18.2 Å². The van der Waals surface area contributed by atoms with E-state index in [9.17, 15) is 4.39 Å². The molecule has 0 amide bonds. The third-order valence-corrected chi connectivity index (χ3v) is 2.28. The SMILES string of the molecule is CCNc1ccc(Oc2ccccc2)c(F)c1. The highest BCUT2D eigenvalue weighted by Gasteiger charge is 2.05. The second kappa shape index (κ2) is 5.34. The molecule has 0 aromatic heterocycles. The van der Waals surface area contributed by atoms with Gasteiger partial charge < -0.3 is 10.1 Å². The van der Waals surface area contributed by atoms with Crippen LogP contribution in [-0.2, 0) is 0 Å². The summed E-state index contributed by atoms with van der Waals surface area (Å²) in [5.74, 6) is 0.493. The number of benzene rings is 2. The van der Waals surface area contributed by atoms with Crippen LogP contribution in [0.3, 0.4) is 0 Å². The van der Waals surface area contributed by atoms with Crippen LogP contribution in [0.5, 0.6) is 11.5 Å². The number of hydrogen-bond donors (Lipinski definition) is 1. The van der Waals surface area contributed by atoms with Gasteiger partial charge in [0.25, 0.3) is 0 Å². The first-order chi connectivity index (χ1) is 8.29. The Balaban J connectivity index is 2.17. The Morgan fingerprint density at radius 2 is 1.88 bits per heavy atom. The zero-order valence-electron chi connectivity index (χ0n) is 9.61. The van der Waals surface area contributed by atoms with E-state index in [4.69, 9.17) is 4.74 Å². The van der Waals surface area contributed by atoms with E-state index in [1.807, 2.05) is 25.1 Å². The smallest absolute Gasteiger partial charge is 0.167 e.